The van der Waals surface area contributed by atoms with Crippen LogP contribution in [0.2, 0.25) is 10.0 Å². The molecular formula is C31H36Cl2N4O5S. The average Bonchev–Trinajstić information content (AvgIpc) is 3.24. The van der Waals surface area contributed by atoms with E-state index in [1.807, 2.05) is 4.90 Å². The molecule has 5 rings (SSSR count). The number of halogens is 2. The topological polar surface area (TPSA) is 105 Å². The van der Waals surface area contributed by atoms with Gasteiger partial charge < -0.3 is 19.3 Å². The number of sulfonamides is 1. The molecule has 0 saturated carbocycles. The second kappa shape index (κ2) is 14.4. The Morgan fingerprint density at radius 1 is 0.837 bits per heavy atom. The van der Waals surface area contributed by atoms with E-state index in [2.05, 4.69) is 9.80 Å². The van der Waals surface area contributed by atoms with Crippen LogP contribution in [0.25, 0.3) is 11.1 Å². The van der Waals surface area contributed by atoms with Gasteiger partial charge in [-0.15, -0.1) is 0 Å². The number of para-hydroxylation sites is 1. The molecule has 3 aromatic carbocycles. The Hall–Kier alpha value is -2.70. The summed E-state index contributed by atoms with van der Waals surface area (Å²) in [5.74, 6) is 0.544. The number of primary sulfonamides is 1. The Morgan fingerprint density at radius 2 is 1.58 bits per heavy atom. The number of morpholine rings is 1. The fraction of sp³-hybridized carbons (Fsp3) is 0.387. The summed E-state index contributed by atoms with van der Waals surface area (Å²) in [5.41, 5.74) is 1.10. The molecule has 12 heteroatoms. The van der Waals surface area contributed by atoms with Crippen LogP contribution in [0.1, 0.15) is 23.2 Å². The molecule has 0 radical (unpaired) electrons. The summed E-state index contributed by atoms with van der Waals surface area (Å²) in [7, 11) is -4.12. The first-order chi connectivity index (χ1) is 20.7. The molecule has 230 valence electrons. The highest BCUT2D eigenvalue weighted by molar-refractivity contribution is 7.89. The molecule has 0 atom stereocenters. The van der Waals surface area contributed by atoms with E-state index in [0.29, 0.717) is 45.8 Å². The Labute approximate surface area is 263 Å². The summed E-state index contributed by atoms with van der Waals surface area (Å²) in [5, 5.41) is 6.37. The molecule has 0 spiro atoms. The number of ether oxygens (including phenoxy) is 2. The van der Waals surface area contributed by atoms with Gasteiger partial charge in [0.1, 0.15) is 11.5 Å². The Morgan fingerprint density at radius 3 is 2.33 bits per heavy atom. The van der Waals surface area contributed by atoms with Crippen molar-refractivity contribution in [1.29, 1.82) is 0 Å². The zero-order chi connectivity index (χ0) is 30.4. The largest absolute Gasteiger partial charge is 0.455 e. The molecule has 2 fully saturated rings. The van der Waals surface area contributed by atoms with Crippen molar-refractivity contribution in [2.45, 2.75) is 17.7 Å². The van der Waals surface area contributed by atoms with Gasteiger partial charge in [-0.3, -0.25) is 9.69 Å². The number of amides is 1. The third-order valence-corrected chi connectivity index (χ3v) is 9.25. The minimum Gasteiger partial charge on any atom is -0.455 e. The first kappa shape index (κ1) is 31.7. The van der Waals surface area contributed by atoms with Crippen molar-refractivity contribution >= 4 is 39.1 Å². The van der Waals surface area contributed by atoms with E-state index in [4.69, 9.17) is 37.8 Å². The number of hydrogen-bond donors (Lipinski definition) is 1. The van der Waals surface area contributed by atoms with Crippen molar-refractivity contribution in [3.8, 4) is 22.6 Å². The highest BCUT2D eigenvalue weighted by atomic mass is 35.5. The van der Waals surface area contributed by atoms with Crippen LogP contribution in [-0.2, 0) is 14.8 Å². The summed E-state index contributed by atoms with van der Waals surface area (Å²) >= 11 is 12.4. The van der Waals surface area contributed by atoms with Crippen LogP contribution >= 0.6 is 23.2 Å². The molecule has 0 bridgehead atoms. The second-order valence-corrected chi connectivity index (χ2v) is 13.1. The fourth-order valence-electron chi connectivity index (χ4n) is 5.50. The van der Waals surface area contributed by atoms with Crippen molar-refractivity contribution in [3.05, 3.63) is 76.3 Å². The molecule has 2 aliphatic rings. The molecule has 2 heterocycles. The normalized spacial score (nSPS) is 17.0. The van der Waals surface area contributed by atoms with E-state index >= 15 is 0 Å². The van der Waals surface area contributed by atoms with Crippen LogP contribution in [0.5, 0.6) is 11.5 Å². The van der Waals surface area contributed by atoms with E-state index in [0.717, 1.165) is 65.3 Å². The van der Waals surface area contributed by atoms with Crippen molar-refractivity contribution < 1.29 is 22.7 Å². The zero-order valence-corrected chi connectivity index (χ0v) is 26.2. The number of rotatable bonds is 9. The minimum absolute atomic E-state index is 0.107. The van der Waals surface area contributed by atoms with Crippen LogP contribution in [-0.4, -0.2) is 94.6 Å². The molecule has 2 N–H and O–H groups in total. The Balaban J connectivity index is 1.34. The molecule has 1 amide bonds. The lowest BCUT2D eigenvalue weighted by molar-refractivity contribution is 0.0361. The lowest BCUT2D eigenvalue weighted by Gasteiger charge is -2.28. The Kier molecular flexibility index (Phi) is 10.6. The van der Waals surface area contributed by atoms with Crippen molar-refractivity contribution in [2.24, 2.45) is 5.14 Å². The van der Waals surface area contributed by atoms with Crippen molar-refractivity contribution in [1.82, 2.24) is 14.7 Å². The average molecular weight is 648 g/mol. The third-order valence-electron chi connectivity index (χ3n) is 7.75. The van der Waals surface area contributed by atoms with Gasteiger partial charge in [0.05, 0.1) is 23.1 Å². The van der Waals surface area contributed by atoms with Crippen LogP contribution in [0.3, 0.4) is 0 Å². The summed E-state index contributed by atoms with van der Waals surface area (Å²) in [6, 6.07) is 16.3. The molecule has 0 aromatic heterocycles. The first-order valence-electron chi connectivity index (χ1n) is 14.4. The molecule has 43 heavy (non-hydrogen) atoms. The maximum Gasteiger partial charge on any atom is 0.253 e. The lowest BCUT2D eigenvalue weighted by atomic mass is 10.0. The number of carbonyl (C=O) groups is 1. The van der Waals surface area contributed by atoms with Gasteiger partial charge in [-0.05, 0) is 74.9 Å². The predicted molar refractivity (Wildman–Crippen MR) is 169 cm³/mol. The molecule has 0 unspecified atom stereocenters. The maximum absolute atomic E-state index is 13.7. The van der Waals surface area contributed by atoms with Crippen LogP contribution in [0.4, 0.5) is 0 Å². The highest BCUT2D eigenvalue weighted by Gasteiger charge is 2.25. The maximum atomic E-state index is 13.7. The second-order valence-electron chi connectivity index (χ2n) is 10.7. The Bertz CT molecular complexity index is 1550. The van der Waals surface area contributed by atoms with Crippen LogP contribution < -0.4 is 9.88 Å². The first-order valence-corrected chi connectivity index (χ1v) is 16.7. The molecule has 0 aliphatic carbocycles. The molecule has 2 saturated heterocycles. The van der Waals surface area contributed by atoms with Crippen molar-refractivity contribution in [2.75, 3.05) is 65.6 Å². The number of nitrogens with zero attached hydrogens (tertiary/aromatic N) is 3. The van der Waals surface area contributed by atoms with Gasteiger partial charge in [0.15, 0.2) is 0 Å². The number of benzene rings is 3. The van der Waals surface area contributed by atoms with E-state index in [-0.39, 0.29) is 16.4 Å². The summed E-state index contributed by atoms with van der Waals surface area (Å²) in [4.78, 5) is 20.3. The van der Waals surface area contributed by atoms with E-state index in [1.165, 1.54) is 12.1 Å². The third kappa shape index (κ3) is 8.27. The van der Waals surface area contributed by atoms with Gasteiger partial charge in [-0.1, -0.05) is 41.4 Å². The smallest absolute Gasteiger partial charge is 0.253 e. The van der Waals surface area contributed by atoms with Gasteiger partial charge in [-0.2, -0.15) is 0 Å². The summed E-state index contributed by atoms with van der Waals surface area (Å²) in [6.45, 7) is 8.55. The number of hydrogen-bond acceptors (Lipinski definition) is 7. The highest BCUT2D eigenvalue weighted by Crippen LogP contribution is 2.39. The molecule has 2 aliphatic heterocycles. The predicted octanol–water partition coefficient (Wildman–Crippen LogP) is 4.97. The molecule has 9 nitrogen and oxygen atoms in total. The number of nitrogens with two attached hydrogens (primary N) is 1. The van der Waals surface area contributed by atoms with Crippen molar-refractivity contribution in [3.63, 3.8) is 0 Å². The van der Waals surface area contributed by atoms with Gasteiger partial charge in [-0.25, -0.2) is 13.6 Å². The lowest BCUT2D eigenvalue weighted by Crippen LogP contribution is -2.39. The van der Waals surface area contributed by atoms with E-state index in [9.17, 15) is 13.2 Å². The van der Waals surface area contributed by atoms with Crippen LogP contribution in [0.15, 0.2) is 65.6 Å². The van der Waals surface area contributed by atoms with Gasteiger partial charge in [0, 0.05) is 54.4 Å². The van der Waals surface area contributed by atoms with Gasteiger partial charge in [0.2, 0.25) is 10.0 Å². The van der Waals surface area contributed by atoms with Crippen LogP contribution in [0, 0.1) is 0 Å². The van der Waals surface area contributed by atoms with E-state index in [1.54, 1.807) is 48.5 Å². The standard InChI is InChI=1S/C31H36Cl2N4O5S/c32-24-8-9-29(27(33)22-24)42-28-6-2-1-5-25(28)26-21-23(7-10-30(26)43(34,39)40)31(38)37-14-4-13-35(15-16-37)11-3-12-36-17-19-41-20-18-36/h1-2,5-10,21-22H,3-4,11-20H2,(H2,34,39,40). The van der Waals surface area contributed by atoms with E-state index < -0.39 is 10.0 Å². The monoisotopic (exact) mass is 646 g/mol. The van der Waals surface area contributed by atoms with Gasteiger partial charge in [0.25, 0.3) is 5.91 Å². The SMILES string of the molecule is NS(=O)(=O)c1ccc(C(=O)N2CCCN(CCCN3CCOCC3)CC2)cc1-c1ccccc1Oc1ccc(Cl)cc1Cl. The van der Waals surface area contributed by atoms with Gasteiger partial charge >= 0.3 is 0 Å². The summed E-state index contributed by atoms with van der Waals surface area (Å²) in [6.07, 6.45) is 1.94. The minimum atomic E-state index is -4.12. The fourth-order valence-corrected chi connectivity index (χ4v) is 6.68. The zero-order valence-electron chi connectivity index (χ0n) is 23.9. The number of carbonyl (C=O) groups excluding carboxylic acids is 1. The molecular weight excluding hydrogens is 611 g/mol. The molecule has 3 aromatic rings. The quantitative estimate of drug-likeness (QED) is 0.350. The summed E-state index contributed by atoms with van der Waals surface area (Å²) < 4.78 is 36.8.